The number of benzene rings is 1. The number of nitrogens with zero attached hydrogens (tertiary/aromatic N) is 2. The van der Waals surface area contributed by atoms with Gasteiger partial charge in [-0.1, -0.05) is 19.4 Å². The Bertz CT molecular complexity index is 407. The molecule has 100 valence electrons. The number of nitro groups is 1. The summed E-state index contributed by atoms with van der Waals surface area (Å²) in [5.74, 6) is 0. The number of aliphatic hydroxyl groups excluding tert-OH is 1. The van der Waals surface area contributed by atoms with Crippen LogP contribution in [0.3, 0.4) is 0 Å². The number of hydrogen-bond acceptors (Lipinski definition) is 4. The van der Waals surface area contributed by atoms with Gasteiger partial charge in [0.1, 0.15) is 0 Å². The molecule has 0 unspecified atom stereocenters. The van der Waals surface area contributed by atoms with E-state index < -0.39 is 0 Å². The molecule has 5 heteroatoms. The van der Waals surface area contributed by atoms with E-state index in [9.17, 15) is 10.1 Å². The molecule has 1 rings (SSSR count). The van der Waals surface area contributed by atoms with Crippen LogP contribution in [0.15, 0.2) is 18.2 Å². The summed E-state index contributed by atoms with van der Waals surface area (Å²) in [4.78, 5) is 12.5. The zero-order valence-electron chi connectivity index (χ0n) is 10.9. The van der Waals surface area contributed by atoms with E-state index >= 15 is 0 Å². The van der Waals surface area contributed by atoms with Crippen molar-refractivity contribution in [3.8, 4) is 0 Å². The third-order valence-corrected chi connectivity index (χ3v) is 2.91. The summed E-state index contributed by atoms with van der Waals surface area (Å²) >= 11 is 0. The average Bonchev–Trinajstić information content (AvgIpc) is 2.35. The van der Waals surface area contributed by atoms with Gasteiger partial charge in [0.2, 0.25) is 0 Å². The van der Waals surface area contributed by atoms with Crippen LogP contribution in [0.5, 0.6) is 0 Å². The summed E-state index contributed by atoms with van der Waals surface area (Å²) in [5, 5.41) is 20.0. The predicted octanol–water partition coefficient (Wildman–Crippen LogP) is 2.50. The first-order valence-corrected chi connectivity index (χ1v) is 6.21. The molecule has 1 aromatic carbocycles. The maximum atomic E-state index is 10.9. The van der Waals surface area contributed by atoms with Crippen LogP contribution in [0.25, 0.3) is 0 Å². The molecule has 0 amide bonds. The first-order valence-electron chi connectivity index (χ1n) is 6.21. The standard InChI is InChI=1S/C13H20N2O3/c1-3-4-7-14(8-9-16)12-6-5-11(2)13(10-12)15(17)18/h5-6,10,16H,3-4,7-9H2,1-2H3. The molecule has 0 aliphatic carbocycles. The molecule has 0 bridgehead atoms. The minimum absolute atomic E-state index is 0.0470. The number of anilines is 1. The minimum Gasteiger partial charge on any atom is -0.395 e. The molecule has 0 aromatic heterocycles. The zero-order valence-corrected chi connectivity index (χ0v) is 10.9. The molecule has 18 heavy (non-hydrogen) atoms. The molecule has 0 saturated carbocycles. The van der Waals surface area contributed by atoms with E-state index in [-0.39, 0.29) is 17.2 Å². The monoisotopic (exact) mass is 252 g/mol. The van der Waals surface area contributed by atoms with Gasteiger partial charge in [-0.05, 0) is 19.4 Å². The summed E-state index contributed by atoms with van der Waals surface area (Å²) in [6.07, 6.45) is 2.05. The lowest BCUT2D eigenvalue weighted by Gasteiger charge is -2.23. The van der Waals surface area contributed by atoms with E-state index in [0.29, 0.717) is 12.1 Å². The number of nitro benzene ring substituents is 1. The smallest absolute Gasteiger partial charge is 0.274 e. The van der Waals surface area contributed by atoms with Gasteiger partial charge in [-0.15, -0.1) is 0 Å². The van der Waals surface area contributed by atoms with Crippen molar-refractivity contribution >= 4 is 11.4 Å². The highest BCUT2D eigenvalue weighted by molar-refractivity contribution is 5.56. The van der Waals surface area contributed by atoms with Crippen LogP contribution in [-0.4, -0.2) is 29.7 Å². The highest BCUT2D eigenvalue weighted by atomic mass is 16.6. The quantitative estimate of drug-likeness (QED) is 0.598. The first-order chi connectivity index (χ1) is 8.60. The lowest BCUT2D eigenvalue weighted by molar-refractivity contribution is -0.385. The molecule has 0 atom stereocenters. The van der Waals surface area contributed by atoms with Crippen LogP contribution in [0.4, 0.5) is 11.4 Å². The molecule has 0 saturated heterocycles. The van der Waals surface area contributed by atoms with Crippen molar-refractivity contribution in [3.63, 3.8) is 0 Å². The fourth-order valence-electron chi connectivity index (χ4n) is 1.83. The number of unbranched alkanes of at least 4 members (excludes halogenated alkanes) is 1. The second kappa shape index (κ2) is 6.96. The lowest BCUT2D eigenvalue weighted by Crippen LogP contribution is -2.27. The van der Waals surface area contributed by atoms with Gasteiger partial charge >= 0.3 is 0 Å². The first kappa shape index (κ1) is 14.4. The van der Waals surface area contributed by atoms with Gasteiger partial charge in [0, 0.05) is 30.4 Å². The van der Waals surface area contributed by atoms with E-state index in [1.165, 1.54) is 0 Å². The summed E-state index contributed by atoms with van der Waals surface area (Å²) in [7, 11) is 0. The molecular weight excluding hydrogens is 232 g/mol. The SMILES string of the molecule is CCCCN(CCO)c1ccc(C)c([N+](=O)[O-])c1. The second-order valence-electron chi connectivity index (χ2n) is 4.29. The molecule has 0 aliphatic heterocycles. The Morgan fingerprint density at radius 3 is 2.67 bits per heavy atom. The normalized spacial score (nSPS) is 10.4. The van der Waals surface area contributed by atoms with Gasteiger partial charge < -0.3 is 10.0 Å². The number of rotatable bonds is 7. The van der Waals surface area contributed by atoms with Crippen molar-refractivity contribution in [2.45, 2.75) is 26.7 Å². The second-order valence-corrected chi connectivity index (χ2v) is 4.29. The van der Waals surface area contributed by atoms with Crippen LogP contribution >= 0.6 is 0 Å². The van der Waals surface area contributed by atoms with Gasteiger partial charge in [0.25, 0.3) is 5.69 Å². The van der Waals surface area contributed by atoms with Gasteiger partial charge in [0.05, 0.1) is 11.5 Å². The summed E-state index contributed by atoms with van der Waals surface area (Å²) in [5.41, 5.74) is 1.59. The van der Waals surface area contributed by atoms with Gasteiger partial charge in [-0.3, -0.25) is 10.1 Å². The fourth-order valence-corrected chi connectivity index (χ4v) is 1.83. The predicted molar refractivity (Wildman–Crippen MR) is 72.0 cm³/mol. The fraction of sp³-hybridized carbons (Fsp3) is 0.538. The van der Waals surface area contributed by atoms with Crippen LogP contribution in [0, 0.1) is 17.0 Å². The van der Waals surface area contributed by atoms with E-state index in [4.69, 9.17) is 5.11 Å². The Kier molecular flexibility index (Phi) is 5.58. The van der Waals surface area contributed by atoms with Crippen LogP contribution in [-0.2, 0) is 0 Å². The lowest BCUT2D eigenvalue weighted by atomic mass is 10.1. The van der Waals surface area contributed by atoms with Gasteiger partial charge in [-0.25, -0.2) is 0 Å². The Balaban J connectivity index is 2.97. The Morgan fingerprint density at radius 2 is 2.11 bits per heavy atom. The van der Waals surface area contributed by atoms with Crippen LogP contribution in [0.2, 0.25) is 0 Å². The largest absolute Gasteiger partial charge is 0.395 e. The van der Waals surface area contributed by atoms with Crippen molar-refractivity contribution < 1.29 is 10.0 Å². The third kappa shape index (κ3) is 3.70. The van der Waals surface area contributed by atoms with Gasteiger partial charge in [0.15, 0.2) is 0 Å². The average molecular weight is 252 g/mol. The van der Waals surface area contributed by atoms with E-state index in [1.807, 2.05) is 11.0 Å². The van der Waals surface area contributed by atoms with Crippen molar-refractivity contribution in [1.29, 1.82) is 0 Å². The maximum absolute atomic E-state index is 10.9. The molecule has 0 heterocycles. The van der Waals surface area contributed by atoms with Gasteiger partial charge in [-0.2, -0.15) is 0 Å². The maximum Gasteiger partial charge on any atom is 0.274 e. The number of aliphatic hydroxyl groups is 1. The van der Waals surface area contributed by atoms with Crippen molar-refractivity contribution in [2.75, 3.05) is 24.6 Å². The van der Waals surface area contributed by atoms with Crippen molar-refractivity contribution in [3.05, 3.63) is 33.9 Å². The van der Waals surface area contributed by atoms with E-state index in [2.05, 4.69) is 6.92 Å². The molecule has 5 nitrogen and oxygen atoms in total. The Labute approximate surface area is 107 Å². The van der Waals surface area contributed by atoms with Crippen molar-refractivity contribution in [1.82, 2.24) is 0 Å². The molecule has 1 N–H and O–H groups in total. The molecule has 1 aromatic rings. The summed E-state index contributed by atoms with van der Waals surface area (Å²) in [6.45, 7) is 5.17. The Hall–Kier alpha value is -1.62. The number of aryl methyl sites for hydroxylation is 1. The highest BCUT2D eigenvalue weighted by Gasteiger charge is 2.14. The summed E-state index contributed by atoms with van der Waals surface area (Å²) < 4.78 is 0. The molecule has 0 spiro atoms. The van der Waals surface area contributed by atoms with E-state index in [0.717, 1.165) is 25.1 Å². The van der Waals surface area contributed by atoms with Crippen molar-refractivity contribution in [2.24, 2.45) is 0 Å². The highest BCUT2D eigenvalue weighted by Crippen LogP contribution is 2.25. The van der Waals surface area contributed by atoms with Crippen LogP contribution in [0.1, 0.15) is 25.3 Å². The van der Waals surface area contributed by atoms with Crippen LogP contribution < -0.4 is 4.90 Å². The minimum atomic E-state index is -0.365. The molecule has 0 fully saturated rings. The third-order valence-electron chi connectivity index (χ3n) is 2.91. The molecular formula is C13H20N2O3. The topological polar surface area (TPSA) is 66.6 Å². The zero-order chi connectivity index (χ0) is 13.5. The van der Waals surface area contributed by atoms with E-state index in [1.54, 1.807) is 19.1 Å². The molecule has 0 aliphatic rings. The summed E-state index contributed by atoms with van der Waals surface area (Å²) in [6, 6.07) is 5.21. The number of hydrogen-bond donors (Lipinski definition) is 1. The molecule has 0 radical (unpaired) electrons. The Morgan fingerprint density at radius 1 is 1.39 bits per heavy atom.